The van der Waals surface area contributed by atoms with Gasteiger partial charge in [-0.15, -0.1) is 0 Å². The lowest BCUT2D eigenvalue weighted by molar-refractivity contribution is 0.103. The van der Waals surface area contributed by atoms with Gasteiger partial charge in [-0.3, -0.25) is 4.90 Å². The summed E-state index contributed by atoms with van der Waals surface area (Å²) in [6.07, 6.45) is 7.02. The molecule has 0 bridgehead atoms. The predicted octanol–water partition coefficient (Wildman–Crippen LogP) is 3.22. The Morgan fingerprint density at radius 2 is 1.71 bits per heavy atom. The quantitative estimate of drug-likeness (QED) is 0.920. The van der Waals surface area contributed by atoms with Crippen molar-refractivity contribution in [2.75, 3.05) is 33.3 Å². The molecule has 0 amide bonds. The number of nitrogens with one attached hydrogen (secondary N) is 1. The van der Waals surface area contributed by atoms with Crippen LogP contribution in [0.2, 0.25) is 0 Å². The van der Waals surface area contributed by atoms with E-state index >= 15 is 0 Å². The molecule has 1 aliphatic carbocycles. The minimum atomic E-state index is 0.596. The van der Waals surface area contributed by atoms with Gasteiger partial charge in [-0.2, -0.15) is 0 Å². The zero-order valence-electron chi connectivity index (χ0n) is 13.2. The predicted molar refractivity (Wildman–Crippen MR) is 86.8 cm³/mol. The highest BCUT2D eigenvalue weighted by Crippen LogP contribution is 2.38. The van der Waals surface area contributed by atoms with E-state index in [0.717, 1.165) is 24.8 Å². The van der Waals surface area contributed by atoms with Crippen molar-refractivity contribution in [1.82, 2.24) is 10.2 Å². The summed E-state index contributed by atoms with van der Waals surface area (Å²) in [6.45, 7) is 4.60. The Morgan fingerprint density at radius 1 is 1.05 bits per heavy atom. The van der Waals surface area contributed by atoms with Gasteiger partial charge in [0.15, 0.2) is 0 Å². The van der Waals surface area contributed by atoms with Gasteiger partial charge < -0.3 is 10.1 Å². The monoisotopic (exact) mass is 288 g/mol. The second kappa shape index (κ2) is 7.28. The van der Waals surface area contributed by atoms with Crippen molar-refractivity contribution in [3.8, 4) is 5.75 Å². The Kier molecular flexibility index (Phi) is 5.15. The van der Waals surface area contributed by atoms with Gasteiger partial charge >= 0.3 is 0 Å². The molecular formula is C18H28N2O. The molecule has 1 aromatic carbocycles. The molecule has 1 saturated heterocycles. The van der Waals surface area contributed by atoms with Crippen molar-refractivity contribution >= 4 is 0 Å². The zero-order valence-corrected chi connectivity index (χ0v) is 13.2. The summed E-state index contributed by atoms with van der Waals surface area (Å²) in [4.78, 5) is 2.70. The Morgan fingerprint density at radius 3 is 2.33 bits per heavy atom. The molecule has 1 N–H and O–H groups in total. The molecule has 0 radical (unpaired) electrons. The molecule has 0 aromatic heterocycles. The van der Waals surface area contributed by atoms with E-state index in [1.54, 1.807) is 7.11 Å². The number of benzene rings is 1. The third kappa shape index (κ3) is 3.58. The number of hydrogen-bond donors (Lipinski definition) is 1. The smallest absolute Gasteiger partial charge is 0.118 e. The second-order valence-electron chi connectivity index (χ2n) is 6.40. The normalized spacial score (nSPS) is 22.9. The van der Waals surface area contributed by atoms with Crippen molar-refractivity contribution in [3.63, 3.8) is 0 Å². The van der Waals surface area contributed by atoms with Crippen LogP contribution in [0.15, 0.2) is 24.3 Å². The molecule has 2 fully saturated rings. The molecule has 1 aliphatic heterocycles. The molecule has 1 atom stereocenters. The van der Waals surface area contributed by atoms with Crippen LogP contribution in [0.3, 0.4) is 0 Å². The van der Waals surface area contributed by atoms with E-state index in [2.05, 4.69) is 34.5 Å². The lowest BCUT2D eigenvalue weighted by Gasteiger charge is -2.41. The molecular weight excluding hydrogens is 260 g/mol. The first-order chi connectivity index (χ1) is 10.4. The van der Waals surface area contributed by atoms with Crippen molar-refractivity contribution in [1.29, 1.82) is 0 Å². The summed E-state index contributed by atoms with van der Waals surface area (Å²) in [6, 6.07) is 9.39. The molecule has 1 heterocycles. The summed E-state index contributed by atoms with van der Waals surface area (Å²) in [5.41, 5.74) is 1.48. The van der Waals surface area contributed by atoms with Gasteiger partial charge in [-0.25, -0.2) is 0 Å². The Labute approximate surface area is 128 Å². The highest BCUT2D eigenvalue weighted by molar-refractivity contribution is 5.29. The Balaban J connectivity index is 1.82. The molecule has 3 rings (SSSR count). The SMILES string of the molecule is COc1ccc([C@H](C2CCCCC2)N2CCNCC2)cc1. The van der Waals surface area contributed by atoms with Crippen LogP contribution >= 0.6 is 0 Å². The maximum absolute atomic E-state index is 5.32. The van der Waals surface area contributed by atoms with Crippen molar-refractivity contribution in [3.05, 3.63) is 29.8 Å². The van der Waals surface area contributed by atoms with Crippen LogP contribution in [-0.2, 0) is 0 Å². The van der Waals surface area contributed by atoms with Gasteiger partial charge in [0.1, 0.15) is 5.75 Å². The van der Waals surface area contributed by atoms with E-state index in [0.29, 0.717) is 6.04 Å². The minimum absolute atomic E-state index is 0.596. The average molecular weight is 288 g/mol. The number of rotatable bonds is 4. The summed E-state index contributed by atoms with van der Waals surface area (Å²) >= 11 is 0. The number of hydrogen-bond acceptors (Lipinski definition) is 3. The van der Waals surface area contributed by atoms with Crippen LogP contribution in [0.25, 0.3) is 0 Å². The van der Waals surface area contributed by atoms with Gasteiger partial charge in [-0.05, 0) is 36.5 Å². The Hall–Kier alpha value is -1.06. The van der Waals surface area contributed by atoms with Gasteiger partial charge in [0, 0.05) is 32.2 Å². The first kappa shape index (κ1) is 14.9. The van der Waals surface area contributed by atoms with Crippen LogP contribution < -0.4 is 10.1 Å². The molecule has 0 spiro atoms. The molecule has 0 unspecified atom stereocenters. The van der Waals surface area contributed by atoms with Gasteiger partial charge in [0.05, 0.1) is 7.11 Å². The van der Waals surface area contributed by atoms with E-state index in [1.165, 1.54) is 50.8 Å². The van der Waals surface area contributed by atoms with Gasteiger partial charge in [0.2, 0.25) is 0 Å². The largest absolute Gasteiger partial charge is 0.497 e. The number of nitrogens with zero attached hydrogens (tertiary/aromatic N) is 1. The van der Waals surface area contributed by atoms with Gasteiger partial charge in [0.25, 0.3) is 0 Å². The fourth-order valence-electron chi connectivity index (χ4n) is 3.99. The van der Waals surface area contributed by atoms with Gasteiger partial charge in [-0.1, -0.05) is 31.4 Å². The first-order valence-corrected chi connectivity index (χ1v) is 8.47. The molecule has 3 nitrogen and oxygen atoms in total. The van der Waals surface area contributed by atoms with Crippen LogP contribution in [0.5, 0.6) is 5.75 Å². The van der Waals surface area contributed by atoms with E-state index in [9.17, 15) is 0 Å². The average Bonchev–Trinajstić information content (AvgIpc) is 2.58. The fraction of sp³-hybridized carbons (Fsp3) is 0.667. The molecule has 3 heteroatoms. The molecule has 116 valence electrons. The van der Waals surface area contributed by atoms with Crippen LogP contribution in [0.4, 0.5) is 0 Å². The molecule has 1 aromatic rings. The third-order valence-electron chi connectivity index (χ3n) is 5.10. The standard InChI is InChI=1S/C18H28N2O/c1-21-17-9-7-16(8-10-17)18(15-5-3-2-4-6-15)20-13-11-19-12-14-20/h7-10,15,18-19H,2-6,11-14H2,1H3/t18-/m0/s1. The number of ether oxygens (including phenoxy) is 1. The van der Waals surface area contributed by atoms with E-state index in [1.807, 2.05) is 0 Å². The maximum Gasteiger partial charge on any atom is 0.118 e. The Bertz CT molecular complexity index is 401. The third-order valence-corrected chi connectivity index (χ3v) is 5.10. The summed E-state index contributed by atoms with van der Waals surface area (Å²) in [7, 11) is 1.74. The van der Waals surface area contributed by atoms with Crippen molar-refractivity contribution in [2.45, 2.75) is 38.1 Å². The van der Waals surface area contributed by atoms with Crippen LogP contribution in [0.1, 0.15) is 43.7 Å². The zero-order chi connectivity index (χ0) is 14.5. The molecule has 2 aliphatic rings. The number of methoxy groups -OCH3 is 1. The molecule has 21 heavy (non-hydrogen) atoms. The summed E-state index contributed by atoms with van der Waals surface area (Å²) < 4.78 is 5.32. The summed E-state index contributed by atoms with van der Waals surface area (Å²) in [5, 5.41) is 3.48. The maximum atomic E-state index is 5.32. The first-order valence-electron chi connectivity index (χ1n) is 8.47. The summed E-state index contributed by atoms with van der Waals surface area (Å²) in [5.74, 6) is 1.78. The number of piperazine rings is 1. The lowest BCUT2D eigenvalue weighted by atomic mass is 9.80. The van der Waals surface area contributed by atoms with Crippen molar-refractivity contribution < 1.29 is 4.74 Å². The van der Waals surface area contributed by atoms with E-state index in [4.69, 9.17) is 4.74 Å². The fourth-order valence-corrected chi connectivity index (χ4v) is 3.99. The topological polar surface area (TPSA) is 24.5 Å². The highest BCUT2D eigenvalue weighted by Gasteiger charge is 2.30. The molecule has 1 saturated carbocycles. The second-order valence-corrected chi connectivity index (χ2v) is 6.40. The lowest BCUT2D eigenvalue weighted by Crippen LogP contribution is -2.47. The highest BCUT2D eigenvalue weighted by atomic mass is 16.5. The van der Waals surface area contributed by atoms with Crippen molar-refractivity contribution in [2.24, 2.45) is 5.92 Å². The van der Waals surface area contributed by atoms with Crippen LogP contribution in [-0.4, -0.2) is 38.2 Å². The minimum Gasteiger partial charge on any atom is -0.497 e. The van der Waals surface area contributed by atoms with Crippen LogP contribution in [0, 0.1) is 5.92 Å². The van der Waals surface area contributed by atoms with E-state index < -0.39 is 0 Å². The van der Waals surface area contributed by atoms with E-state index in [-0.39, 0.29) is 0 Å².